The topological polar surface area (TPSA) is 34.1 Å². The minimum absolute atomic E-state index is 0.661. The summed E-state index contributed by atoms with van der Waals surface area (Å²) in [6.07, 6.45) is 7.29. The molecule has 0 atom stereocenters. The normalized spacial score (nSPS) is 20.8. The van der Waals surface area contributed by atoms with Crippen LogP contribution in [0.15, 0.2) is 48.8 Å². The number of hydrogen-bond acceptors (Lipinski definition) is 3. The standard InChI is InChI=1S/C18H22N2O/c1-21-18-6-4-15(5-7-18)16-11-17(12-16)20-10-8-14-3-2-9-19-13-14/h2-7,9,13,16-17,20H,8,10-12H2,1H3. The van der Waals surface area contributed by atoms with Crippen LogP contribution in [0, 0.1) is 0 Å². The highest BCUT2D eigenvalue weighted by atomic mass is 16.5. The quantitative estimate of drug-likeness (QED) is 0.883. The Morgan fingerprint density at radius 1 is 1.19 bits per heavy atom. The van der Waals surface area contributed by atoms with Gasteiger partial charge in [0.05, 0.1) is 7.11 Å². The van der Waals surface area contributed by atoms with Crippen molar-refractivity contribution >= 4 is 0 Å². The maximum atomic E-state index is 5.20. The predicted octanol–water partition coefficient (Wildman–Crippen LogP) is 3.17. The molecule has 1 aliphatic carbocycles. The summed E-state index contributed by atoms with van der Waals surface area (Å²) in [5.74, 6) is 1.64. The van der Waals surface area contributed by atoms with Gasteiger partial charge in [-0.3, -0.25) is 4.98 Å². The molecule has 1 aliphatic rings. The molecule has 0 unspecified atom stereocenters. The monoisotopic (exact) mass is 282 g/mol. The van der Waals surface area contributed by atoms with E-state index in [1.807, 2.05) is 18.5 Å². The number of benzene rings is 1. The SMILES string of the molecule is COc1ccc(C2CC(NCCc3cccnc3)C2)cc1. The maximum Gasteiger partial charge on any atom is 0.118 e. The van der Waals surface area contributed by atoms with Crippen LogP contribution in [0.1, 0.15) is 29.9 Å². The number of hydrogen-bond donors (Lipinski definition) is 1. The second-order valence-electron chi connectivity index (χ2n) is 5.70. The second-order valence-corrected chi connectivity index (χ2v) is 5.70. The van der Waals surface area contributed by atoms with Gasteiger partial charge in [-0.1, -0.05) is 18.2 Å². The molecule has 3 nitrogen and oxygen atoms in total. The van der Waals surface area contributed by atoms with Crippen LogP contribution in [0.2, 0.25) is 0 Å². The van der Waals surface area contributed by atoms with Gasteiger partial charge in [-0.05, 0) is 61.1 Å². The van der Waals surface area contributed by atoms with E-state index in [4.69, 9.17) is 4.74 Å². The van der Waals surface area contributed by atoms with Gasteiger partial charge in [0.15, 0.2) is 0 Å². The number of methoxy groups -OCH3 is 1. The third-order valence-corrected chi connectivity index (χ3v) is 4.29. The highest BCUT2D eigenvalue weighted by Crippen LogP contribution is 2.37. The predicted molar refractivity (Wildman–Crippen MR) is 84.7 cm³/mol. The van der Waals surface area contributed by atoms with E-state index in [9.17, 15) is 0 Å². The fraction of sp³-hybridized carbons (Fsp3) is 0.389. The molecular weight excluding hydrogens is 260 g/mol. The molecule has 3 rings (SSSR count). The van der Waals surface area contributed by atoms with E-state index < -0.39 is 0 Å². The van der Waals surface area contributed by atoms with Gasteiger partial charge in [-0.2, -0.15) is 0 Å². The second kappa shape index (κ2) is 6.72. The molecule has 1 fully saturated rings. The van der Waals surface area contributed by atoms with Crippen molar-refractivity contribution in [3.8, 4) is 5.75 Å². The Kier molecular flexibility index (Phi) is 4.51. The first-order valence-electron chi connectivity index (χ1n) is 7.61. The molecule has 1 heterocycles. The summed E-state index contributed by atoms with van der Waals surface area (Å²) in [7, 11) is 1.71. The first-order valence-corrected chi connectivity index (χ1v) is 7.61. The molecule has 0 radical (unpaired) electrons. The first-order chi connectivity index (χ1) is 10.3. The largest absolute Gasteiger partial charge is 0.497 e. The molecule has 0 spiro atoms. The Labute approximate surface area is 126 Å². The zero-order valence-corrected chi connectivity index (χ0v) is 12.5. The number of pyridine rings is 1. The smallest absolute Gasteiger partial charge is 0.118 e. The van der Waals surface area contributed by atoms with Crippen LogP contribution >= 0.6 is 0 Å². The summed E-state index contributed by atoms with van der Waals surface area (Å²) >= 11 is 0. The van der Waals surface area contributed by atoms with Gasteiger partial charge >= 0.3 is 0 Å². The highest BCUT2D eigenvalue weighted by molar-refractivity contribution is 5.30. The van der Waals surface area contributed by atoms with Gasteiger partial charge in [0.1, 0.15) is 5.75 Å². The molecule has 3 heteroatoms. The van der Waals surface area contributed by atoms with Gasteiger partial charge in [0, 0.05) is 18.4 Å². The molecule has 21 heavy (non-hydrogen) atoms. The van der Waals surface area contributed by atoms with Crippen molar-refractivity contribution in [2.75, 3.05) is 13.7 Å². The third-order valence-electron chi connectivity index (χ3n) is 4.29. The van der Waals surface area contributed by atoms with Gasteiger partial charge in [0.25, 0.3) is 0 Å². The lowest BCUT2D eigenvalue weighted by molar-refractivity contribution is 0.292. The first kappa shape index (κ1) is 14.1. The van der Waals surface area contributed by atoms with Crippen molar-refractivity contribution in [3.63, 3.8) is 0 Å². The molecule has 0 bridgehead atoms. The average molecular weight is 282 g/mol. The van der Waals surface area contributed by atoms with Crippen molar-refractivity contribution in [1.82, 2.24) is 10.3 Å². The number of aromatic nitrogens is 1. The average Bonchev–Trinajstić information content (AvgIpc) is 2.51. The van der Waals surface area contributed by atoms with Crippen LogP contribution < -0.4 is 10.1 Å². The molecule has 1 saturated carbocycles. The van der Waals surface area contributed by atoms with Crippen LogP contribution in [0.5, 0.6) is 5.75 Å². The van der Waals surface area contributed by atoms with Crippen LogP contribution in [0.4, 0.5) is 0 Å². The van der Waals surface area contributed by atoms with Gasteiger partial charge in [-0.15, -0.1) is 0 Å². The lowest BCUT2D eigenvalue weighted by atomic mass is 9.76. The summed E-state index contributed by atoms with van der Waals surface area (Å²) in [4.78, 5) is 4.14. The Bertz CT molecular complexity index is 547. The number of ether oxygens (including phenoxy) is 1. The van der Waals surface area contributed by atoms with Crippen molar-refractivity contribution in [3.05, 3.63) is 59.9 Å². The van der Waals surface area contributed by atoms with Gasteiger partial charge < -0.3 is 10.1 Å². The molecular formula is C18H22N2O. The Hall–Kier alpha value is -1.87. The Morgan fingerprint density at radius 3 is 2.67 bits per heavy atom. The Balaban J connectivity index is 1.39. The van der Waals surface area contributed by atoms with Crippen LogP contribution in [0.3, 0.4) is 0 Å². The van der Waals surface area contributed by atoms with Gasteiger partial charge in [0.2, 0.25) is 0 Å². The van der Waals surface area contributed by atoms with E-state index in [2.05, 4.69) is 40.6 Å². The molecule has 0 amide bonds. The maximum absolute atomic E-state index is 5.20. The molecule has 110 valence electrons. The van der Waals surface area contributed by atoms with E-state index in [0.29, 0.717) is 12.0 Å². The van der Waals surface area contributed by atoms with E-state index in [1.165, 1.54) is 24.0 Å². The molecule has 2 aromatic rings. The summed E-state index contributed by atoms with van der Waals surface area (Å²) < 4.78 is 5.20. The minimum atomic E-state index is 0.661. The molecule has 1 aromatic heterocycles. The zero-order valence-electron chi connectivity index (χ0n) is 12.5. The number of rotatable bonds is 6. The molecule has 0 aliphatic heterocycles. The number of nitrogens with zero attached hydrogens (tertiary/aromatic N) is 1. The van der Waals surface area contributed by atoms with Crippen molar-refractivity contribution in [2.45, 2.75) is 31.2 Å². The van der Waals surface area contributed by atoms with E-state index in [0.717, 1.165) is 18.7 Å². The van der Waals surface area contributed by atoms with Crippen molar-refractivity contribution in [2.24, 2.45) is 0 Å². The fourth-order valence-corrected chi connectivity index (χ4v) is 2.90. The van der Waals surface area contributed by atoms with E-state index in [-0.39, 0.29) is 0 Å². The summed E-state index contributed by atoms with van der Waals surface area (Å²) in [5, 5.41) is 3.64. The Morgan fingerprint density at radius 2 is 2.00 bits per heavy atom. The van der Waals surface area contributed by atoms with Crippen LogP contribution in [-0.4, -0.2) is 24.7 Å². The van der Waals surface area contributed by atoms with Gasteiger partial charge in [-0.25, -0.2) is 0 Å². The fourth-order valence-electron chi connectivity index (χ4n) is 2.90. The summed E-state index contributed by atoms with van der Waals surface area (Å²) in [6.45, 7) is 1.03. The molecule has 0 saturated heterocycles. The molecule has 1 N–H and O–H groups in total. The van der Waals surface area contributed by atoms with Crippen molar-refractivity contribution < 1.29 is 4.74 Å². The van der Waals surface area contributed by atoms with Crippen molar-refractivity contribution in [1.29, 1.82) is 0 Å². The summed E-state index contributed by atoms with van der Waals surface area (Å²) in [6, 6.07) is 13.3. The van der Waals surface area contributed by atoms with E-state index in [1.54, 1.807) is 7.11 Å². The lowest BCUT2D eigenvalue weighted by Crippen LogP contribution is -2.40. The minimum Gasteiger partial charge on any atom is -0.497 e. The van der Waals surface area contributed by atoms with Crippen LogP contribution in [-0.2, 0) is 6.42 Å². The molecule has 1 aromatic carbocycles. The summed E-state index contributed by atoms with van der Waals surface area (Å²) in [5.41, 5.74) is 2.73. The van der Waals surface area contributed by atoms with E-state index >= 15 is 0 Å². The highest BCUT2D eigenvalue weighted by Gasteiger charge is 2.29. The number of nitrogens with one attached hydrogen (secondary N) is 1. The zero-order chi connectivity index (χ0) is 14.5. The lowest BCUT2D eigenvalue weighted by Gasteiger charge is -2.36. The van der Waals surface area contributed by atoms with Crippen LogP contribution in [0.25, 0.3) is 0 Å². The third kappa shape index (κ3) is 3.61.